The lowest BCUT2D eigenvalue weighted by molar-refractivity contribution is -0.145. The average molecular weight is 866 g/mol. The Morgan fingerprint density at radius 3 is 1.98 bits per heavy atom. The summed E-state index contributed by atoms with van der Waals surface area (Å²) in [7, 11) is 0. The number of hydrogen-bond acceptors (Lipinski definition) is 13. The highest BCUT2D eigenvalue weighted by Gasteiger charge is 2.53. The van der Waals surface area contributed by atoms with Crippen molar-refractivity contribution in [3.63, 3.8) is 0 Å². The zero-order valence-electron chi connectivity index (χ0n) is 34.9. The van der Waals surface area contributed by atoms with E-state index in [1.54, 1.807) is 26.3 Å². The Morgan fingerprint density at radius 1 is 0.900 bits per heavy atom. The van der Waals surface area contributed by atoms with Gasteiger partial charge >= 0.3 is 5.97 Å². The molecule has 2 heterocycles. The molecule has 2 aromatic rings. The smallest absolute Gasteiger partial charge is 0.305 e. The zero-order chi connectivity index (χ0) is 43.7. The average Bonchev–Trinajstić information content (AvgIpc) is 3.60. The second-order valence-corrected chi connectivity index (χ2v) is 16.7. The molecule has 0 spiro atoms. The molecule has 1 saturated carbocycles. The Kier molecular flexibility index (Phi) is 19.2. The van der Waals surface area contributed by atoms with Gasteiger partial charge in [0.1, 0.15) is 12.1 Å². The number of halogens is 1. The molecule has 1 aromatic heterocycles. The number of carbonyl (C=O) groups excluding carboxylic acids is 4. The number of rotatable bonds is 27. The highest BCUT2D eigenvalue weighted by Crippen LogP contribution is 2.40. The molecule has 0 radical (unpaired) electrons. The molecule has 4 atom stereocenters. The summed E-state index contributed by atoms with van der Waals surface area (Å²) < 4.78 is 41.6. The Balaban J connectivity index is 1.25. The van der Waals surface area contributed by atoms with E-state index in [0.717, 1.165) is 16.1 Å². The van der Waals surface area contributed by atoms with Crippen molar-refractivity contribution in [1.82, 2.24) is 25.8 Å². The van der Waals surface area contributed by atoms with Gasteiger partial charge in [0.05, 0.1) is 107 Å². The highest BCUT2D eigenvalue weighted by molar-refractivity contribution is 7.13. The van der Waals surface area contributed by atoms with Gasteiger partial charge in [-0.15, -0.1) is 11.3 Å². The van der Waals surface area contributed by atoms with Gasteiger partial charge in [-0.25, -0.2) is 9.37 Å². The Bertz CT molecular complexity index is 1700. The maximum Gasteiger partial charge on any atom is 0.305 e. The van der Waals surface area contributed by atoms with Crippen LogP contribution in [-0.4, -0.2) is 153 Å². The first-order valence-corrected chi connectivity index (χ1v) is 21.1. The molecule has 1 aromatic carbocycles. The first-order chi connectivity index (χ1) is 28.6. The first-order valence-electron chi connectivity index (χ1n) is 20.3. The van der Waals surface area contributed by atoms with Gasteiger partial charge in [-0.1, -0.05) is 45.0 Å². The van der Waals surface area contributed by atoms with Crippen LogP contribution in [-0.2, 0) is 47.7 Å². The molecule has 334 valence electrons. The molecule has 1 aliphatic carbocycles. The number of aryl methyl sites for hydroxylation is 1. The molecule has 2 aliphatic rings. The molecular formula is C41H60FN5O12S. The van der Waals surface area contributed by atoms with Gasteiger partial charge in [0, 0.05) is 19.5 Å². The fourth-order valence-electron chi connectivity index (χ4n) is 6.34. The van der Waals surface area contributed by atoms with Gasteiger partial charge < -0.3 is 54.7 Å². The number of amides is 4. The summed E-state index contributed by atoms with van der Waals surface area (Å²) in [6.07, 6.45) is -1.10. The number of nitrogens with one attached hydrogen (secondary N) is 3. The molecule has 19 heteroatoms. The number of β-amino-alcohol motifs (C(OH)–C–C–N with tert-alkyl or cyclic N) is 1. The number of aliphatic carboxylic acids is 1. The van der Waals surface area contributed by atoms with Crippen molar-refractivity contribution in [3.8, 4) is 10.4 Å². The predicted octanol–water partition coefficient (Wildman–Crippen LogP) is 2.33. The van der Waals surface area contributed by atoms with Crippen molar-refractivity contribution in [2.45, 2.75) is 89.7 Å². The van der Waals surface area contributed by atoms with Crippen molar-refractivity contribution in [2.24, 2.45) is 5.41 Å². The largest absolute Gasteiger partial charge is 0.481 e. The van der Waals surface area contributed by atoms with Crippen molar-refractivity contribution in [1.29, 1.82) is 0 Å². The molecule has 1 aliphatic heterocycles. The Morgan fingerprint density at radius 2 is 1.47 bits per heavy atom. The molecular weight excluding hydrogens is 806 g/mol. The van der Waals surface area contributed by atoms with E-state index >= 15 is 0 Å². The molecule has 2 fully saturated rings. The number of likely N-dealkylation sites (tertiary alicyclic amines) is 1. The second kappa shape index (κ2) is 23.8. The number of aliphatic hydroxyl groups is 1. The highest BCUT2D eigenvalue weighted by atomic mass is 32.1. The van der Waals surface area contributed by atoms with Crippen molar-refractivity contribution in [3.05, 3.63) is 41.0 Å². The van der Waals surface area contributed by atoms with Crippen LogP contribution in [0.15, 0.2) is 29.8 Å². The van der Waals surface area contributed by atoms with Crippen LogP contribution in [0.5, 0.6) is 0 Å². The summed E-state index contributed by atoms with van der Waals surface area (Å²) in [6.45, 7) is 10.3. The third kappa shape index (κ3) is 15.7. The molecule has 4 amide bonds. The van der Waals surface area contributed by atoms with E-state index < -0.39 is 59.0 Å². The van der Waals surface area contributed by atoms with Gasteiger partial charge in [-0.2, -0.15) is 0 Å². The van der Waals surface area contributed by atoms with Crippen LogP contribution in [0.2, 0.25) is 0 Å². The van der Waals surface area contributed by atoms with Crippen molar-refractivity contribution in [2.75, 3.05) is 79.2 Å². The standard InChI is InChI=1S/C41H60FN5O12S/c1-27-35(60-26-44-27)29-7-5-28(6-8-29)31(24-33(49)43-12-14-56-16-18-58-20-22-59-21-19-57-17-15-55-13-9-34(50)51)45-37(52)32-23-30(48)25-47(32)38(53)36(40(2,3)4)46-39(54)41(42)10-11-41/h5-8,26,30-32,36,48H,9-25H2,1-4H3,(H,43,49)(H,45,52)(H,46,54)(H,50,51)/t30-,31+,32+,36?/m1/s1. The normalized spacial score (nSPS) is 18.1. The number of benzene rings is 1. The van der Waals surface area contributed by atoms with Crippen molar-refractivity contribution < 1.29 is 62.3 Å². The van der Waals surface area contributed by atoms with Crippen LogP contribution < -0.4 is 16.0 Å². The van der Waals surface area contributed by atoms with Crippen LogP contribution >= 0.6 is 11.3 Å². The van der Waals surface area contributed by atoms with Crippen LogP contribution in [0.25, 0.3) is 10.4 Å². The van der Waals surface area contributed by atoms with Crippen LogP contribution in [0.4, 0.5) is 4.39 Å². The van der Waals surface area contributed by atoms with E-state index in [9.17, 15) is 33.5 Å². The number of aromatic nitrogens is 1. The van der Waals surface area contributed by atoms with E-state index in [4.69, 9.17) is 28.8 Å². The lowest BCUT2D eigenvalue weighted by atomic mass is 9.85. The van der Waals surface area contributed by atoms with Gasteiger partial charge in [0.15, 0.2) is 5.67 Å². The molecule has 17 nitrogen and oxygen atoms in total. The summed E-state index contributed by atoms with van der Waals surface area (Å²) in [6, 6.07) is 4.35. The van der Waals surface area contributed by atoms with Crippen LogP contribution in [0.3, 0.4) is 0 Å². The molecule has 4 rings (SSSR count). The predicted molar refractivity (Wildman–Crippen MR) is 218 cm³/mol. The van der Waals surface area contributed by atoms with Gasteiger partial charge in [0.2, 0.25) is 17.7 Å². The Labute approximate surface area is 354 Å². The third-order valence-electron chi connectivity index (χ3n) is 9.89. The fourth-order valence-corrected chi connectivity index (χ4v) is 7.16. The monoisotopic (exact) mass is 865 g/mol. The van der Waals surface area contributed by atoms with Crippen LogP contribution in [0.1, 0.15) is 70.2 Å². The number of thiazole rings is 1. The van der Waals surface area contributed by atoms with Crippen LogP contribution in [0, 0.1) is 12.3 Å². The minimum atomic E-state index is -2.01. The first kappa shape index (κ1) is 48.6. The number of carbonyl (C=O) groups is 5. The SMILES string of the molecule is Cc1ncsc1-c1ccc([C@H](CC(=O)NCCOCCOCCOCCOCCOCCC(=O)O)NC(=O)[C@@H]2C[C@@H](O)CN2C(=O)C(NC(=O)C2(F)CC2)C(C)(C)C)cc1. The second-order valence-electron chi connectivity index (χ2n) is 15.8. The number of aliphatic hydroxyl groups excluding tert-OH is 1. The zero-order valence-corrected chi connectivity index (χ0v) is 35.7. The third-order valence-corrected chi connectivity index (χ3v) is 10.9. The number of hydrogen-bond donors (Lipinski definition) is 5. The van der Waals surface area contributed by atoms with E-state index in [1.807, 2.05) is 31.2 Å². The summed E-state index contributed by atoms with van der Waals surface area (Å²) in [5, 5.41) is 27.6. The number of ether oxygens (including phenoxy) is 5. The summed E-state index contributed by atoms with van der Waals surface area (Å²) in [5.74, 6) is -3.32. The number of alkyl halides is 1. The lowest BCUT2D eigenvalue weighted by Gasteiger charge is -2.36. The maximum atomic E-state index is 14.6. The molecule has 0 bridgehead atoms. The number of carboxylic acid groups (broad SMARTS) is 1. The quantitative estimate of drug-likeness (QED) is 0.0815. The Hall–Kier alpha value is -4.11. The fraction of sp³-hybridized carbons (Fsp3) is 0.659. The molecule has 60 heavy (non-hydrogen) atoms. The summed E-state index contributed by atoms with van der Waals surface area (Å²) in [5.41, 5.74) is 1.36. The van der Waals surface area contributed by atoms with Crippen molar-refractivity contribution >= 4 is 40.9 Å². The minimum Gasteiger partial charge on any atom is -0.481 e. The summed E-state index contributed by atoms with van der Waals surface area (Å²) >= 11 is 1.50. The van der Waals surface area contributed by atoms with Gasteiger partial charge in [0.25, 0.3) is 5.91 Å². The molecule has 5 N–H and O–H groups in total. The maximum absolute atomic E-state index is 14.6. The lowest BCUT2D eigenvalue weighted by Crippen LogP contribution is -2.59. The summed E-state index contributed by atoms with van der Waals surface area (Å²) in [4.78, 5) is 70.9. The van der Waals surface area contributed by atoms with Gasteiger partial charge in [-0.3, -0.25) is 24.0 Å². The topological polar surface area (TPSA) is 224 Å². The van der Waals surface area contributed by atoms with E-state index in [2.05, 4.69) is 20.9 Å². The number of carboxylic acids is 1. The van der Waals surface area contributed by atoms with E-state index in [1.165, 1.54) is 16.2 Å². The minimum absolute atomic E-state index is 0.0448. The number of nitrogens with zero attached hydrogens (tertiary/aromatic N) is 2. The van der Waals surface area contributed by atoms with E-state index in [-0.39, 0.29) is 64.3 Å². The van der Waals surface area contributed by atoms with Gasteiger partial charge in [-0.05, 0) is 36.3 Å². The molecule has 1 unspecified atom stereocenters. The van der Waals surface area contributed by atoms with E-state index in [0.29, 0.717) is 58.4 Å². The molecule has 1 saturated heterocycles.